The van der Waals surface area contributed by atoms with E-state index in [0.29, 0.717) is 13.0 Å². The summed E-state index contributed by atoms with van der Waals surface area (Å²) < 4.78 is 5.11. The van der Waals surface area contributed by atoms with Gasteiger partial charge in [0.1, 0.15) is 5.75 Å². The van der Waals surface area contributed by atoms with Crippen molar-refractivity contribution in [3.63, 3.8) is 0 Å². The van der Waals surface area contributed by atoms with Crippen molar-refractivity contribution in [2.75, 3.05) is 31.6 Å². The molecule has 1 fully saturated rings. The lowest BCUT2D eigenvalue weighted by atomic mass is 10.2. The maximum Gasteiger partial charge on any atom is 0.221 e. The van der Waals surface area contributed by atoms with Gasteiger partial charge in [0.2, 0.25) is 5.91 Å². The molecule has 1 N–H and O–H groups in total. The molecule has 4 heteroatoms. The SMILES string of the molecule is CC.CC.COc1ccc(N2CCNC(=O)CC2)cc1. The van der Waals surface area contributed by atoms with Crippen LogP contribution >= 0.6 is 0 Å². The van der Waals surface area contributed by atoms with Gasteiger partial charge in [0.15, 0.2) is 0 Å². The van der Waals surface area contributed by atoms with Gasteiger partial charge in [-0.3, -0.25) is 4.79 Å². The van der Waals surface area contributed by atoms with E-state index in [1.165, 1.54) is 0 Å². The monoisotopic (exact) mass is 280 g/mol. The maximum atomic E-state index is 11.2. The Morgan fingerprint density at radius 1 is 1.05 bits per heavy atom. The molecule has 1 aliphatic heterocycles. The Kier molecular flexibility index (Phi) is 10.2. The van der Waals surface area contributed by atoms with Crippen molar-refractivity contribution >= 4 is 11.6 Å². The molecule has 0 unspecified atom stereocenters. The molecule has 114 valence electrons. The summed E-state index contributed by atoms with van der Waals surface area (Å²) in [7, 11) is 1.66. The molecule has 1 aromatic carbocycles. The van der Waals surface area contributed by atoms with Crippen molar-refractivity contribution in [1.29, 1.82) is 0 Å². The highest BCUT2D eigenvalue weighted by Crippen LogP contribution is 2.19. The van der Waals surface area contributed by atoms with Gasteiger partial charge in [-0.25, -0.2) is 0 Å². The van der Waals surface area contributed by atoms with E-state index < -0.39 is 0 Å². The van der Waals surface area contributed by atoms with Crippen LogP contribution in [-0.2, 0) is 4.79 Å². The number of hydrogen-bond donors (Lipinski definition) is 1. The Bertz CT molecular complexity index is 363. The van der Waals surface area contributed by atoms with Crippen LogP contribution in [0.1, 0.15) is 34.1 Å². The van der Waals surface area contributed by atoms with Gasteiger partial charge in [0, 0.05) is 31.7 Å². The molecule has 0 saturated carbocycles. The molecule has 1 aliphatic rings. The van der Waals surface area contributed by atoms with E-state index in [1.54, 1.807) is 7.11 Å². The first-order valence-corrected chi connectivity index (χ1v) is 7.45. The number of rotatable bonds is 2. The van der Waals surface area contributed by atoms with Crippen molar-refractivity contribution in [2.45, 2.75) is 34.1 Å². The molecule has 1 amide bonds. The third-order valence-corrected chi connectivity index (χ3v) is 2.75. The van der Waals surface area contributed by atoms with Crippen LogP contribution in [-0.4, -0.2) is 32.7 Å². The van der Waals surface area contributed by atoms with Crippen LogP contribution in [0, 0.1) is 0 Å². The Morgan fingerprint density at radius 3 is 2.20 bits per heavy atom. The van der Waals surface area contributed by atoms with E-state index >= 15 is 0 Å². The van der Waals surface area contributed by atoms with Crippen molar-refractivity contribution in [2.24, 2.45) is 0 Å². The number of hydrogen-bond acceptors (Lipinski definition) is 3. The molecule has 1 aromatic rings. The Hall–Kier alpha value is -1.71. The Morgan fingerprint density at radius 2 is 1.65 bits per heavy atom. The first kappa shape index (κ1) is 18.3. The number of anilines is 1. The summed E-state index contributed by atoms with van der Waals surface area (Å²) in [6, 6.07) is 7.92. The van der Waals surface area contributed by atoms with E-state index in [1.807, 2.05) is 52.0 Å². The summed E-state index contributed by atoms with van der Waals surface area (Å²) in [6.07, 6.45) is 0.562. The molecule has 20 heavy (non-hydrogen) atoms. The fourth-order valence-electron chi connectivity index (χ4n) is 1.82. The van der Waals surface area contributed by atoms with Gasteiger partial charge in [-0.05, 0) is 24.3 Å². The van der Waals surface area contributed by atoms with E-state index in [-0.39, 0.29) is 5.91 Å². The second-order valence-electron chi connectivity index (χ2n) is 3.79. The normalized spacial score (nSPS) is 13.8. The minimum absolute atomic E-state index is 0.135. The molecule has 0 aliphatic carbocycles. The molecular formula is C16H28N2O2. The average Bonchev–Trinajstić information content (AvgIpc) is 2.76. The van der Waals surface area contributed by atoms with Crippen molar-refractivity contribution in [3.05, 3.63) is 24.3 Å². The second-order valence-corrected chi connectivity index (χ2v) is 3.79. The van der Waals surface area contributed by atoms with Gasteiger partial charge in [-0.1, -0.05) is 27.7 Å². The predicted octanol–water partition coefficient (Wildman–Crippen LogP) is 3.07. The number of ether oxygens (including phenoxy) is 1. The van der Waals surface area contributed by atoms with Crippen LogP contribution in [0.5, 0.6) is 5.75 Å². The first-order valence-electron chi connectivity index (χ1n) is 7.45. The van der Waals surface area contributed by atoms with Crippen LogP contribution in [0.15, 0.2) is 24.3 Å². The van der Waals surface area contributed by atoms with Crippen LogP contribution in [0.4, 0.5) is 5.69 Å². The predicted molar refractivity (Wildman–Crippen MR) is 85.5 cm³/mol. The molecule has 0 aromatic heterocycles. The summed E-state index contributed by atoms with van der Waals surface area (Å²) in [6.45, 7) is 10.3. The molecule has 0 bridgehead atoms. The van der Waals surface area contributed by atoms with E-state index in [0.717, 1.165) is 24.5 Å². The molecule has 0 atom stereocenters. The molecule has 0 radical (unpaired) electrons. The fraction of sp³-hybridized carbons (Fsp3) is 0.562. The quantitative estimate of drug-likeness (QED) is 0.905. The number of nitrogens with one attached hydrogen (secondary N) is 1. The number of benzene rings is 1. The van der Waals surface area contributed by atoms with Crippen molar-refractivity contribution in [1.82, 2.24) is 5.32 Å². The highest BCUT2D eigenvalue weighted by molar-refractivity contribution is 5.77. The molecule has 2 rings (SSSR count). The standard InChI is InChI=1S/C12H16N2O2.2C2H6/c1-16-11-4-2-10(3-5-11)14-8-6-12(15)13-7-9-14;2*1-2/h2-5H,6-9H2,1H3,(H,13,15);2*1-2H3. The van der Waals surface area contributed by atoms with Gasteiger partial charge in [0.25, 0.3) is 0 Å². The average molecular weight is 280 g/mol. The minimum atomic E-state index is 0.135. The zero-order valence-corrected chi connectivity index (χ0v) is 13.4. The maximum absolute atomic E-state index is 11.2. The fourth-order valence-corrected chi connectivity index (χ4v) is 1.82. The van der Waals surface area contributed by atoms with Crippen LogP contribution in [0.25, 0.3) is 0 Å². The number of carbonyl (C=O) groups is 1. The molecule has 0 spiro atoms. The van der Waals surface area contributed by atoms with Crippen molar-refractivity contribution in [3.8, 4) is 5.75 Å². The summed E-state index contributed by atoms with van der Waals surface area (Å²) >= 11 is 0. The molecular weight excluding hydrogens is 252 g/mol. The summed E-state index contributed by atoms with van der Waals surface area (Å²) in [4.78, 5) is 13.4. The summed E-state index contributed by atoms with van der Waals surface area (Å²) in [5, 5.41) is 2.86. The largest absolute Gasteiger partial charge is 0.497 e. The minimum Gasteiger partial charge on any atom is -0.497 e. The number of methoxy groups -OCH3 is 1. The zero-order valence-electron chi connectivity index (χ0n) is 13.4. The first-order chi connectivity index (χ1) is 9.79. The van der Waals surface area contributed by atoms with Gasteiger partial charge in [-0.15, -0.1) is 0 Å². The number of carbonyl (C=O) groups excluding carboxylic acids is 1. The smallest absolute Gasteiger partial charge is 0.221 e. The van der Waals surface area contributed by atoms with Gasteiger partial charge < -0.3 is 15.0 Å². The number of nitrogens with zero attached hydrogens (tertiary/aromatic N) is 1. The van der Waals surface area contributed by atoms with E-state index in [9.17, 15) is 4.79 Å². The van der Waals surface area contributed by atoms with Gasteiger partial charge in [-0.2, -0.15) is 0 Å². The summed E-state index contributed by atoms with van der Waals surface area (Å²) in [5.74, 6) is 0.990. The van der Waals surface area contributed by atoms with Crippen LogP contribution in [0.3, 0.4) is 0 Å². The molecule has 4 nitrogen and oxygen atoms in total. The topological polar surface area (TPSA) is 41.6 Å². The second kappa shape index (κ2) is 11.1. The lowest BCUT2D eigenvalue weighted by molar-refractivity contribution is -0.120. The van der Waals surface area contributed by atoms with E-state index in [2.05, 4.69) is 10.2 Å². The van der Waals surface area contributed by atoms with Crippen molar-refractivity contribution < 1.29 is 9.53 Å². The van der Waals surface area contributed by atoms with Crippen LogP contribution in [0.2, 0.25) is 0 Å². The van der Waals surface area contributed by atoms with Gasteiger partial charge in [0.05, 0.1) is 7.11 Å². The Labute approximate surface area is 123 Å². The van der Waals surface area contributed by atoms with Crippen LogP contribution < -0.4 is 15.0 Å². The third-order valence-electron chi connectivity index (χ3n) is 2.75. The Balaban J connectivity index is 0.000000829. The molecule has 1 saturated heterocycles. The highest BCUT2D eigenvalue weighted by Gasteiger charge is 2.13. The third kappa shape index (κ3) is 5.95. The zero-order chi connectivity index (χ0) is 15.4. The van der Waals surface area contributed by atoms with E-state index in [4.69, 9.17) is 4.74 Å². The lowest BCUT2D eigenvalue weighted by Gasteiger charge is -2.21. The summed E-state index contributed by atoms with van der Waals surface area (Å²) in [5.41, 5.74) is 1.14. The highest BCUT2D eigenvalue weighted by atomic mass is 16.5. The number of amides is 1. The molecule has 1 heterocycles. The van der Waals surface area contributed by atoms with Gasteiger partial charge >= 0.3 is 0 Å². The lowest BCUT2D eigenvalue weighted by Crippen LogP contribution is -2.28.